The van der Waals surface area contributed by atoms with E-state index in [9.17, 15) is 9.90 Å². The quantitative estimate of drug-likeness (QED) is 0.892. The van der Waals surface area contributed by atoms with Crippen molar-refractivity contribution in [2.45, 2.75) is 6.10 Å². The van der Waals surface area contributed by atoms with Crippen LogP contribution >= 0.6 is 22.9 Å². The summed E-state index contributed by atoms with van der Waals surface area (Å²) in [6.07, 6.45) is -0.727. The number of carbonyl (C=O) groups is 1. The molecule has 1 aromatic carbocycles. The molecule has 2 aromatic rings. The molecule has 0 spiro atoms. The van der Waals surface area contributed by atoms with Gasteiger partial charge in [0.25, 0.3) is 5.91 Å². The lowest BCUT2D eigenvalue weighted by Gasteiger charge is -2.12. The molecule has 0 bridgehead atoms. The number of aliphatic hydroxyl groups is 1. The molecule has 0 saturated heterocycles. The first-order chi connectivity index (χ1) is 9.61. The van der Waals surface area contributed by atoms with Gasteiger partial charge in [0.2, 0.25) is 0 Å². The molecule has 106 valence electrons. The van der Waals surface area contributed by atoms with Crippen molar-refractivity contribution in [1.82, 2.24) is 5.32 Å². The minimum atomic E-state index is -0.727. The molecule has 0 aliphatic heterocycles. The molecule has 0 aliphatic carbocycles. The summed E-state index contributed by atoms with van der Waals surface area (Å²) in [7, 11) is 1.49. The zero-order valence-corrected chi connectivity index (χ0v) is 12.4. The van der Waals surface area contributed by atoms with Crippen LogP contribution in [0.1, 0.15) is 22.0 Å². The Bertz CT molecular complexity index is 586. The maximum Gasteiger partial charge on any atom is 0.255 e. The summed E-state index contributed by atoms with van der Waals surface area (Å²) in [6, 6.07) is 6.64. The van der Waals surface area contributed by atoms with Crippen molar-refractivity contribution in [1.29, 1.82) is 0 Å². The van der Waals surface area contributed by atoms with E-state index in [1.165, 1.54) is 24.5 Å². The van der Waals surface area contributed by atoms with Crippen LogP contribution in [0.5, 0.6) is 5.75 Å². The average Bonchev–Trinajstić information content (AvgIpc) is 2.98. The first kappa shape index (κ1) is 14.8. The number of nitrogens with one attached hydrogen (secondary N) is 1. The van der Waals surface area contributed by atoms with Gasteiger partial charge in [-0.3, -0.25) is 4.79 Å². The third-order valence-corrected chi connectivity index (χ3v) is 3.73. The molecule has 1 amide bonds. The van der Waals surface area contributed by atoms with Crippen molar-refractivity contribution in [3.05, 3.63) is 51.2 Å². The highest BCUT2D eigenvalue weighted by molar-refractivity contribution is 7.07. The molecule has 2 N–H and O–H groups in total. The molecule has 1 heterocycles. The molecule has 1 atom stereocenters. The molecule has 0 saturated carbocycles. The Labute approximate surface area is 126 Å². The fourth-order valence-electron chi connectivity index (χ4n) is 1.72. The predicted molar refractivity (Wildman–Crippen MR) is 79.6 cm³/mol. The second-order valence-electron chi connectivity index (χ2n) is 4.13. The average molecular weight is 312 g/mol. The van der Waals surface area contributed by atoms with Crippen LogP contribution in [-0.2, 0) is 0 Å². The van der Waals surface area contributed by atoms with Crippen molar-refractivity contribution >= 4 is 28.8 Å². The van der Waals surface area contributed by atoms with Crippen LogP contribution in [-0.4, -0.2) is 24.7 Å². The molecule has 4 nitrogen and oxygen atoms in total. The van der Waals surface area contributed by atoms with Gasteiger partial charge in [0, 0.05) is 11.6 Å². The van der Waals surface area contributed by atoms with Crippen LogP contribution in [0.25, 0.3) is 0 Å². The summed E-state index contributed by atoms with van der Waals surface area (Å²) in [5.74, 6) is 0.107. The highest BCUT2D eigenvalue weighted by atomic mass is 35.5. The van der Waals surface area contributed by atoms with Gasteiger partial charge in [0.05, 0.1) is 18.8 Å². The monoisotopic (exact) mass is 311 g/mol. The zero-order chi connectivity index (χ0) is 14.5. The number of rotatable bonds is 5. The largest absolute Gasteiger partial charge is 0.496 e. The van der Waals surface area contributed by atoms with Gasteiger partial charge in [-0.05, 0) is 40.6 Å². The Morgan fingerprint density at radius 1 is 1.50 bits per heavy atom. The molecule has 2 rings (SSSR count). The summed E-state index contributed by atoms with van der Waals surface area (Å²) < 4.78 is 5.12. The summed E-state index contributed by atoms with van der Waals surface area (Å²) in [6.45, 7) is 0.130. The van der Waals surface area contributed by atoms with Crippen molar-refractivity contribution in [2.75, 3.05) is 13.7 Å². The summed E-state index contributed by atoms with van der Waals surface area (Å²) >= 11 is 7.37. The summed E-state index contributed by atoms with van der Waals surface area (Å²) in [4.78, 5) is 12.1. The van der Waals surface area contributed by atoms with E-state index in [-0.39, 0.29) is 12.5 Å². The first-order valence-electron chi connectivity index (χ1n) is 5.93. The van der Waals surface area contributed by atoms with E-state index in [0.29, 0.717) is 16.3 Å². The Kier molecular flexibility index (Phi) is 5.00. The minimum Gasteiger partial charge on any atom is -0.496 e. The highest BCUT2D eigenvalue weighted by Crippen LogP contribution is 2.22. The number of hydrogen-bond acceptors (Lipinski definition) is 4. The van der Waals surface area contributed by atoms with Gasteiger partial charge in [-0.15, -0.1) is 0 Å². The fraction of sp³-hybridized carbons (Fsp3) is 0.214. The van der Waals surface area contributed by atoms with Crippen LogP contribution in [0.4, 0.5) is 0 Å². The molecule has 1 unspecified atom stereocenters. The van der Waals surface area contributed by atoms with Gasteiger partial charge in [0.15, 0.2) is 0 Å². The Hall–Kier alpha value is -1.56. The molecule has 20 heavy (non-hydrogen) atoms. The van der Waals surface area contributed by atoms with E-state index < -0.39 is 6.10 Å². The van der Waals surface area contributed by atoms with Crippen LogP contribution in [0.15, 0.2) is 35.0 Å². The first-order valence-corrected chi connectivity index (χ1v) is 7.26. The molecular formula is C14H14ClNO3S. The molecular weight excluding hydrogens is 298 g/mol. The lowest BCUT2D eigenvalue weighted by molar-refractivity contribution is 0.0913. The third-order valence-electron chi connectivity index (χ3n) is 2.79. The van der Waals surface area contributed by atoms with E-state index in [1.54, 1.807) is 12.1 Å². The maximum absolute atomic E-state index is 12.1. The molecule has 0 fully saturated rings. The van der Waals surface area contributed by atoms with Crippen LogP contribution < -0.4 is 10.1 Å². The topological polar surface area (TPSA) is 58.6 Å². The van der Waals surface area contributed by atoms with Crippen LogP contribution in [0.3, 0.4) is 0 Å². The van der Waals surface area contributed by atoms with E-state index >= 15 is 0 Å². The molecule has 6 heteroatoms. The van der Waals surface area contributed by atoms with Crippen molar-refractivity contribution in [3.8, 4) is 5.75 Å². The van der Waals surface area contributed by atoms with Gasteiger partial charge in [-0.2, -0.15) is 11.3 Å². The van der Waals surface area contributed by atoms with E-state index in [2.05, 4.69) is 5.32 Å². The number of amides is 1. The van der Waals surface area contributed by atoms with E-state index in [1.807, 2.05) is 16.8 Å². The minimum absolute atomic E-state index is 0.130. The van der Waals surface area contributed by atoms with Gasteiger partial charge >= 0.3 is 0 Å². The lowest BCUT2D eigenvalue weighted by Crippen LogP contribution is -2.28. The number of ether oxygens (including phenoxy) is 1. The predicted octanol–water partition coefficient (Wildman–Crippen LogP) is 2.87. The summed E-state index contributed by atoms with van der Waals surface area (Å²) in [5, 5.41) is 16.8. The number of hydrogen-bond donors (Lipinski definition) is 2. The molecule has 0 aliphatic rings. The van der Waals surface area contributed by atoms with Gasteiger partial charge in [-0.1, -0.05) is 11.6 Å². The standard InChI is InChI=1S/C14H14ClNO3S/c1-19-13-3-2-10(15)6-11(13)14(18)16-7-12(17)9-4-5-20-8-9/h2-6,8,12,17H,7H2,1H3,(H,16,18). The summed E-state index contributed by atoms with van der Waals surface area (Å²) in [5.41, 5.74) is 1.13. The third kappa shape index (κ3) is 3.50. The van der Waals surface area contributed by atoms with Crippen LogP contribution in [0, 0.1) is 0 Å². The number of methoxy groups -OCH3 is 1. The highest BCUT2D eigenvalue weighted by Gasteiger charge is 2.15. The number of benzene rings is 1. The Morgan fingerprint density at radius 2 is 2.30 bits per heavy atom. The SMILES string of the molecule is COc1ccc(Cl)cc1C(=O)NCC(O)c1ccsc1. The van der Waals surface area contributed by atoms with Crippen molar-refractivity contribution < 1.29 is 14.6 Å². The van der Waals surface area contributed by atoms with Crippen molar-refractivity contribution in [2.24, 2.45) is 0 Å². The number of thiophene rings is 1. The lowest BCUT2D eigenvalue weighted by atomic mass is 10.1. The second-order valence-corrected chi connectivity index (χ2v) is 5.34. The zero-order valence-electron chi connectivity index (χ0n) is 10.8. The Morgan fingerprint density at radius 3 is 2.95 bits per heavy atom. The van der Waals surface area contributed by atoms with Crippen LogP contribution in [0.2, 0.25) is 5.02 Å². The van der Waals surface area contributed by atoms with E-state index in [0.717, 1.165) is 5.56 Å². The number of halogens is 1. The van der Waals surface area contributed by atoms with Gasteiger partial charge in [0.1, 0.15) is 5.75 Å². The van der Waals surface area contributed by atoms with Gasteiger partial charge < -0.3 is 15.2 Å². The molecule has 1 aromatic heterocycles. The Balaban J connectivity index is 2.03. The molecule has 0 radical (unpaired) electrons. The van der Waals surface area contributed by atoms with E-state index in [4.69, 9.17) is 16.3 Å². The number of aliphatic hydroxyl groups excluding tert-OH is 1. The van der Waals surface area contributed by atoms with Crippen molar-refractivity contribution in [3.63, 3.8) is 0 Å². The second kappa shape index (κ2) is 6.74. The smallest absolute Gasteiger partial charge is 0.255 e. The number of carbonyl (C=O) groups excluding carboxylic acids is 1. The van der Waals surface area contributed by atoms with Gasteiger partial charge in [-0.25, -0.2) is 0 Å². The maximum atomic E-state index is 12.1. The fourth-order valence-corrected chi connectivity index (χ4v) is 2.60. The normalized spacial score (nSPS) is 11.9.